The largest absolute Gasteiger partial charge is 0.463 e. The highest BCUT2D eigenvalue weighted by Gasteiger charge is 2.51. The molecule has 4 aliphatic heterocycles. The number of Topliss-reactive ketones (excluding diaryl/α,β-unsaturated/α-hetero) is 1. The molecule has 0 N–H and O–H groups in total. The van der Waals surface area contributed by atoms with Gasteiger partial charge in [0.2, 0.25) is 5.91 Å². The molecule has 4 aliphatic rings. The van der Waals surface area contributed by atoms with E-state index in [-0.39, 0.29) is 60.4 Å². The molecule has 0 radical (unpaired) electrons. The van der Waals surface area contributed by atoms with E-state index in [1.807, 2.05) is 32.8 Å². The van der Waals surface area contributed by atoms with Gasteiger partial charge in [-0.25, -0.2) is 0 Å². The zero-order valence-electron chi connectivity index (χ0n) is 32.0. The van der Waals surface area contributed by atoms with E-state index in [1.54, 1.807) is 21.0 Å². The van der Waals surface area contributed by atoms with Gasteiger partial charge in [0.15, 0.2) is 12.1 Å². The lowest BCUT2D eigenvalue weighted by molar-refractivity contribution is -0.263. The van der Waals surface area contributed by atoms with Crippen molar-refractivity contribution in [2.75, 3.05) is 62.0 Å². The first kappa shape index (κ1) is 39.2. The molecule has 0 aliphatic carbocycles. The number of ketones is 1. The van der Waals surface area contributed by atoms with E-state index in [9.17, 15) is 14.4 Å². The summed E-state index contributed by atoms with van der Waals surface area (Å²) in [6.45, 7) is 12.9. The molecule has 0 saturated carbocycles. The maximum absolute atomic E-state index is 14.3. The molecule has 4 rings (SSSR count). The summed E-state index contributed by atoms with van der Waals surface area (Å²) >= 11 is 0. The number of carbonyl (C=O) groups excluding carboxylic acids is 3. The molecule has 4 heterocycles. The normalized spacial score (nSPS) is 40.3. The van der Waals surface area contributed by atoms with E-state index in [2.05, 4.69) is 49.7 Å². The summed E-state index contributed by atoms with van der Waals surface area (Å²) in [4.78, 5) is 50.0. The highest BCUT2D eigenvalue weighted by atomic mass is 16.7. The van der Waals surface area contributed by atoms with Crippen LogP contribution in [0.2, 0.25) is 0 Å². The molecule has 0 aromatic heterocycles. The van der Waals surface area contributed by atoms with Crippen molar-refractivity contribution in [1.82, 2.24) is 19.6 Å². The lowest BCUT2D eigenvalue weighted by Crippen LogP contribution is -2.55. The van der Waals surface area contributed by atoms with E-state index >= 15 is 0 Å². The number of carbonyl (C=O) groups is 3. The summed E-state index contributed by atoms with van der Waals surface area (Å²) in [5.41, 5.74) is -2.21. The predicted octanol–water partition coefficient (Wildman–Crippen LogP) is 3.68. The van der Waals surface area contributed by atoms with Gasteiger partial charge in [-0.1, -0.05) is 13.8 Å². The number of piperidine rings is 1. The van der Waals surface area contributed by atoms with E-state index in [1.165, 1.54) is 0 Å². The molecule has 48 heavy (non-hydrogen) atoms. The third-order valence-electron chi connectivity index (χ3n) is 11.9. The van der Waals surface area contributed by atoms with Gasteiger partial charge in [0.25, 0.3) is 0 Å². The van der Waals surface area contributed by atoms with Crippen LogP contribution in [0.4, 0.5) is 0 Å². The number of nitrogens with zero attached hydrogens (tertiary/aromatic N) is 4. The summed E-state index contributed by atoms with van der Waals surface area (Å²) in [6, 6.07) is 0.670. The van der Waals surface area contributed by atoms with Crippen LogP contribution in [0.5, 0.6) is 0 Å². The van der Waals surface area contributed by atoms with Gasteiger partial charge in [-0.3, -0.25) is 19.3 Å². The summed E-state index contributed by atoms with van der Waals surface area (Å²) in [7, 11) is 11.8. The number of amides is 1. The van der Waals surface area contributed by atoms with Crippen molar-refractivity contribution in [1.29, 1.82) is 0 Å². The number of rotatable bonds is 7. The Morgan fingerprint density at radius 1 is 0.979 bits per heavy atom. The predicted molar refractivity (Wildman–Crippen MR) is 185 cm³/mol. The summed E-state index contributed by atoms with van der Waals surface area (Å²) < 4.78 is 25.5. The first-order chi connectivity index (χ1) is 22.4. The molecule has 4 saturated heterocycles. The van der Waals surface area contributed by atoms with Crippen LogP contribution in [-0.4, -0.2) is 148 Å². The van der Waals surface area contributed by atoms with Gasteiger partial charge in [-0.05, 0) is 113 Å². The Bertz CT molecular complexity index is 1120. The Balaban J connectivity index is 1.61. The first-order valence-corrected chi connectivity index (χ1v) is 18.3. The first-order valence-electron chi connectivity index (χ1n) is 18.3. The van der Waals surface area contributed by atoms with Gasteiger partial charge in [-0.15, -0.1) is 0 Å². The number of methoxy groups -OCH3 is 1. The Hall–Kier alpha value is -1.63. The van der Waals surface area contributed by atoms with Crippen LogP contribution in [0.1, 0.15) is 86.5 Å². The Kier molecular flexibility index (Phi) is 12.8. The minimum absolute atomic E-state index is 0.00912. The number of likely N-dealkylation sites (N-methyl/N-ethyl adjacent to an activating group) is 2. The zero-order valence-corrected chi connectivity index (χ0v) is 32.0. The minimum Gasteiger partial charge on any atom is -0.463 e. The van der Waals surface area contributed by atoms with Crippen molar-refractivity contribution >= 4 is 17.7 Å². The summed E-state index contributed by atoms with van der Waals surface area (Å²) in [6.07, 6.45) is 4.89. The third-order valence-corrected chi connectivity index (χ3v) is 11.9. The number of esters is 1. The van der Waals surface area contributed by atoms with E-state index in [0.717, 1.165) is 38.6 Å². The van der Waals surface area contributed by atoms with Crippen LogP contribution < -0.4 is 0 Å². The third kappa shape index (κ3) is 8.62. The van der Waals surface area contributed by atoms with Crippen LogP contribution in [0.25, 0.3) is 0 Å². The minimum atomic E-state index is -1.38. The number of ether oxygens (including phenoxy) is 4. The van der Waals surface area contributed by atoms with E-state index in [0.29, 0.717) is 19.4 Å². The van der Waals surface area contributed by atoms with Crippen molar-refractivity contribution in [3.63, 3.8) is 0 Å². The molecule has 10 atom stereocenters. The van der Waals surface area contributed by atoms with Gasteiger partial charge in [0.05, 0.1) is 24.4 Å². The van der Waals surface area contributed by atoms with Crippen LogP contribution in [0.15, 0.2) is 0 Å². The topological polar surface area (TPSA) is 101 Å². The van der Waals surface area contributed by atoms with Crippen molar-refractivity contribution in [3.05, 3.63) is 0 Å². The Morgan fingerprint density at radius 3 is 2.17 bits per heavy atom. The smallest absolute Gasteiger partial charge is 0.319 e. The molecule has 0 aromatic carbocycles. The summed E-state index contributed by atoms with van der Waals surface area (Å²) in [5.74, 6) is -0.754. The zero-order chi connectivity index (χ0) is 35.7. The highest BCUT2D eigenvalue weighted by Crippen LogP contribution is 2.42. The molecule has 4 fully saturated rings. The van der Waals surface area contributed by atoms with Gasteiger partial charge in [0, 0.05) is 50.2 Å². The maximum atomic E-state index is 14.3. The lowest BCUT2D eigenvalue weighted by atomic mass is 9.74. The van der Waals surface area contributed by atoms with Crippen molar-refractivity contribution < 1.29 is 33.3 Å². The fourth-order valence-electron chi connectivity index (χ4n) is 9.30. The second kappa shape index (κ2) is 15.7. The molecule has 11 nitrogen and oxygen atoms in total. The van der Waals surface area contributed by atoms with Crippen molar-refractivity contribution in [3.8, 4) is 0 Å². The Labute approximate surface area is 290 Å². The molecular formula is C37H66N4O7. The fourth-order valence-corrected chi connectivity index (χ4v) is 9.30. The van der Waals surface area contributed by atoms with Crippen molar-refractivity contribution in [2.24, 2.45) is 23.2 Å². The molecule has 3 unspecified atom stereocenters. The second-order valence-corrected chi connectivity index (χ2v) is 16.9. The Morgan fingerprint density at radius 2 is 1.60 bits per heavy atom. The van der Waals surface area contributed by atoms with E-state index < -0.39 is 35.3 Å². The highest BCUT2D eigenvalue weighted by molar-refractivity contribution is 6.04. The quantitative estimate of drug-likeness (QED) is 0.293. The van der Waals surface area contributed by atoms with Gasteiger partial charge < -0.3 is 33.6 Å². The maximum Gasteiger partial charge on any atom is 0.319 e. The molecule has 0 spiro atoms. The monoisotopic (exact) mass is 678 g/mol. The molecular weight excluding hydrogens is 612 g/mol. The lowest BCUT2D eigenvalue weighted by Gasteiger charge is -2.46. The van der Waals surface area contributed by atoms with E-state index in [4.69, 9.17) is 18.9 Å². The molecule has 1 amide bonds. The van der Waals surface area contributed by atoms with Crippen LogP contribution >= 0.6 is 0 Å². The number of cyclic esters (lactones) is 1. The SMILES string of the molecule is CO[C@]1(C)C[C@@H](C)CN(C)C(C2CC3CCC(C2)N3C(=O)CN(C)C)COC(=O)C(C)(C)C(=O)[C@H](C)[C@H]1O[C@H]1C[C@@H](N(C)C)C[C@@H](C)O1. The number of hydrogen-bond donors (Lipinski definition) is 0. The fraction of sp³-hybridized carbons (Fsp3) is 0.919. The van der Waals surface area contributed by atoms with Gasteiger partial charge in [-0.2, -0.15) is 0 Å². The second-order valence-electron chi connectivity index (χ2n) is 16.9. The number of hydrogen-bond acceptors (Lipinski definition) is 10. The average molecular weight is 679 g/mol. The van der Waals surface area contributed by atoms with Crippen molar-refractivity contribution in [2.45, 2.75) is 135 Å². The van der Waals surface area contributed by atoms with Crippen LogP contribution in [0, 0.1) is 23.2 Å². The molecule has 276 valence electrons. The number of fused-ring (bicyclic) bond motifs is 2. The van der Waals surface area contributed by atoms with Crippen LogP contribution in [-0.2, 0) is 33.3 Å². The summed E-state index contributed by atoms with van der Waals surface area (Å²) in [5, 5.41) is 0. The van der Waals surface area contributed by atoms with Gasteiger partial charge >= 0.3 is 5.97 Å². The molecule has 11 heteroatoms. The standard InChI is InChI=1S/C37H66N4O7/c1-23-19-37(6,45-12)34(48-32-18-29(39(9)10)15-24(2)47-32)25(3)33(43)36(4,5)35(44)46-22-30(40(11)20-23)26-16-27-13-14-28(17-26)41(27)31(42)21-38(7)8/h23-30,32,34H,13-22H2,1-12H3/t23-,24-,25+,26?,27?,28?,29+,30?,32+,34-,37-/m1/s1. The molecule has 0 aromatic rings. The average Bonchev–Trinajstić information content (AvgIpc) is 3.27. The van der Waals surface area contributed by atoms with Gasteiger partial charge in [0.1, 0.15) is 12.0 Å². The van der Waals surface area contributed by atoms with Crippen LogP contribution in [0.3, 0.4) is 0 Å². The molecule has 2 bridgehead atoms.